The summed E-state index contributed by atoms with van der Waals surface area (Å²) in [6.07, 6.45) is 5.30. The van der Waals surface area contributed by atoms with Crippen molar-refractivity contribution >= 4 is 17.9 Å². The number of carboxylic acids is 1. The minimum absolute atomic E-state index is 0.230. The molecule has 0 aromatic heterocycles. The summed E-state index contributed by atoms with van der Waals surface area (Å²) in [6, 6.07) is 0. The molecule has 0 amide bonds. The van der Waals surface area contributed by atoms with Gasteiger partial charge < -0.3 is 14.6 Å². The van der Waals surface area contributed by atoms with Crippen LogP contribution in [0.2, 0.25) is 0 Å². The molecule has 0 saturated heterocycles. The zero-order valence-corrected chi connectivity index (χ0v) is 13.2. The summed E-state index contributed by atoms with van der Waals surface area (Å²) in [5.41, 5.74) is 0.942. The summed E-state index contributed by atoms with van der Waals surface area (Å²) in [5.74, 6) is -2.11. The van der Waals surface area contributed by atoms with E-state index < -0.39 is 24.7 Å². The lowest BCUT2D eigenvalue weighted by atomic mass is 10.1. The molecule has 0 radical (unpaired) electrons. The van der Waals surface area contributed by atoms with E-state index in [4.69, 9.17) is 9.84 Å². The number of carbonyl (C=O) groups excluding carboxylic acids is 2. The van der Waals surface area contributed by atoms with Crippen LogP contribution in [0.25, 0.3) is 0 Å². The van der Waals surface area contributed by atoms with Crippen LogP contribution in [0, 0.1) is 0 Å². The molecule has 0 fully saturated rings. The number of hydrogen-bond donors (Lipinski definition) is 1. The number of carbonyl (C=O) groups is 3. The predicted molar refractivity (Wildman–Crippen MR) is 80.9 cm³/mol. The molecule has 0 spiro atoms. The van der Waals surface area contributed by atoms with Crippen LogP contribution in [0.1, 0.15) is 40.0 Å². The molecule has 0 aliphatic heterocycles. The van der Waals surface area contributed by atoms with E-state index in [0.29, 0.717) is 24.0 Å². The first-order valence-electron chi connectivity index (χ1n) is 6.82. The average molecular weight is 310 g/mol. The van der Waals surface area contributed by atoms with Gasteiger partial charge in [0.15, 0.2) is 0 Å². The Hall–Kier alpha value is -2.37. The summed E-state index contributed by atoms with van der Waals surface area (Å²) >= 11 is 0. The largest absolute Gasteiger partial charge is 0.478 e. The van der Waals surface area contributed by atoms with Crippen LogP contribution in [-0.4, -0.2) is 29.8 Å². The molecule has 0 rings (SSSR count). The molecule has 6 nitrogen and oxygen atoms in total. The molecule has 1 N–H and O–H groups in total. The van der Waals surface area contributed by atoms with E-state index in [1.165, 1.54) is 13.8 Å². The third-order valence-electron chi connectivity index (χ3n) is 2.70. The van der Waals surface area contributed by atoms with E-state index in [-0.39, 0.29) is 5.57 Å². The van der Waals surface area contributed by atoms with Crippen molar-refractivity contribution in [1.29, 1.82) is 0 Å². The highest BCUT2D eigenvalue weighted by Gasteiger charge is 2.08. The number of aliphatic carboxylic acids is 1. The molecule has 0 atom stereocenters. The number of allylic oxidation sites excluding steroid dienone is 2. The molecule has 122 valence electrons. The monoisotopic (exact) mass is 310 g/mol. The van der Waals surface area contributed by atoms with E-state index in [9.17, 15) is 14.4 Å². The maximum Gasteiger partial charge on any atom is 0.336 e. The summed E-state index contributed by atoms with van der Waals surface area (Å²) < 4.78 is 9.41. The fourth-order valence-corrected chi connectivity index (χ4v) is 1.30. The molecule has 6 heteroatoms. The number of hydrogen-bond acceptors (Lipinski definition) is 5. The average Bonchev–Trinajstić information content (AvgIpc) is 2.45. The smallest absolute Gasteiger partial charge is 0.336 e. The quantitative estimate of drug-likeness (QED) is 0.305. The maximum absolute atomic E-state index is 11.6. The Bertz CT molecular complexity index is 499. The lowest BCUT2D eigenvalue weighted by molar-refractivity contribution is -0.161. The van der Waals surface area contributed by atoms with Crippen LogP contribution in [0.4, 0.5) is 0 Å². The van der Waals surface area contributed by atoms with Crippen LogP contribution in [0.15, 0.2) is 35.5 Å². The van der Waals surface area contributed by atoms with Crippen LogP contribution >= 0.6 is 0 Å². The molecule has 0 heterocycles. The lowest BCUT2D eigenvalue weighted by Crippen LogP contribution is -2.13. The van der Waals surface area contributed by atoms with Crippen molar-refractivity contribution in [2.75, 3.05) is 6.79 Å². The Morgan fingerprint density at radius 2 is 1.45 bits per heavy atom. The van der Waals surface area contributed by atoms with Gasteiger partial charge in [-0.05, 0) is 40.0 Å². The Morgan fingerprint density at radius 3 is 1.95 bits per heavy atom. The SMILES string of the molecule is C=C(C)C(=O)OCOC(=O)C(C)=CCCCC=C(C)C(=O)O. The van der Waals surface area contributed by atoms with E-state index in [1.54, 1.807) is 19.1 Å². The summed E-state index contributed by atoms with van der Waals surface area (Å²) in [7, 11) is 0. The topological polar surface area (TPSA) is 89.9 Å². The van der Waals surface area contributed by atoms with E-state index in [2.05, 4.69) is 11.3 Å². The summed E-state index contributed by atoms with van der Waals surface area (Å²) in [4.78, 5) is 33.2. The van der Waals surface area contributed by atoms with Crippen molar-refractivity contribution in [2.24, 2.45) is 0 Å². The van der Waals surface area contributed by atoms with Gasteiger partial charge in [0.25, 0.3) is 0 Å². The molecule has 0 aliphatic carbocycles. The van der Waals surface area contributed by atoms with Crippen LogP contribution in [0.5, 0.6) is 0 Å². The van der Waals surface area contributed by atoms with Gasteiger partial charge in [-0.3, -0.25) is 0 Å². The van der Waals surface area contributed by atoms with Crippen LogP contribution < -0.4 is 0 Å². The van der Waals surface area contributed by atoms with Gasteiger partial charge in [0.1, 0.15) is 0 Å². The second-order valence-corrected chi connectivity index (χ2v) is 4.77. The first-order chi connectivity index (χ1) is 10.3. The number of carboxylic acid groups (broad SMARTS) is 1. The standard InChI is InChI=1S/C16H22O6/c1-11(2)15(19)21-10-22-16(20)13(4)9-7-5-6-8-12(3)14(17)18/h8-9H,1,5-7,10H2,2-4H3,(H,17,18). The zero-order valence-electron chi connectivity index (χ0n) is 13.2. The molecule has 0 aliphatic rings. The van der Waals surface area contributed by atoms with Gasteiger partial charge >= 0.3 is 17.9 Å². The summed E-state index contributed by atoms with van der Waals surface area (Å²) in [5, 5.41) is 8.67. The highest BCUT2D eigenvalue weighted by molar-refractivity contribution is 5.88. The van der Waals surface area contributed by atoms with Crippen molar-refractivity contribution in [3.8, 4) is 0 Å². The van der Waals surface area contributed by atoms with Crippen LogP contribution in [-0.2, 0) is 23.9 Å². The van der Waals surface area contributed by atoms with Gasteiger partial charge in [-0.25, -0.2) is 14.4 Å². The number of unbranched alkanes of at least 4 members (excludes halogenated alkanes) is 2. The van der Waals surface area contributed by atoms with E-state index in [0.717, 1.165) is 6.42 Å². The Balaban J connectivity index is 4.03. The van der Waals surface area contributed by atoms with E-state index >= 15 is 0 Å². The first-order valence-corrected chi connectivity index (χ1v) is 6.82. The van der Waals surface area contributed by atoms with Crippen molar-refractivity contribution in [3.05, 3.63) is 35.5 Å². The van der Waals surface area contributed by atoms with Crippen molar-refractivity contribution in [2.45, 2.75) is 40.0 Å². The normalized spacial score (nSPS) is 11.8. The molecule has 0 aromatic rings. The lowest BCUT2D eigenvalue weighted by Gasteiger charge is -2.06. The van der Waals surface area contributed by atoms with Gasteiger partial charge in [-0.1, -0.05) is 18.7 Å². The zero-order chi connectivity index (χ0) is 17.1. The second kappa shape index (κ2) is 10.4. The van der Waals surface area contributed by atoms with Gasteiger partial charge in [0.05, 0.1) is 0 Å². The molecule has 22 heavy (non-hydrogen) atoms. The fraction of sp³-hybridized carbons (Fsp3) is 0.438. The van der Waals surface area contributed by atoms with Crippen LogP contribution in [0.3, 0.4) is 0 Å². The van der Waals surface area contributed by atoms with Crippen molar-refractivity contribution in [1.82, 2.24) is 0 Å². The minimum Gasteiger partial charge on any atom is -0.478 e. The van der Waals surface area contributed by atoms with Gasteiger partial charge in [-0.2, -0.15) is 0 Å². The Morgan fingerprint density at radius 1 is 0.955 bits per heavy atom. The Kier molecular flexibility index (Phi) is 9.25. The predicted octanol–water partition coefficient (Wildman–Crippen LogP) is 2.75. The van der Waals surface area contributed by atoms with E-state index in [1.807, 2.05) is 0 Å². The molecule has 0 aromatic carbocycles. The second-order valence-electron chi connectivity index (χ2n) is 4.77. The van der Waals surface area contributed by atoms with Gasteiger partial charge in [-0.15, -0.1) is 0 Å². The summed E-state index contributed by atoms with van der Waals surface area (Å²) in [6.45, 7) is 7.58. The maximum atomic E-state index is 11.6. The number of rotatable bonds is 9. The molecular weight excluding hydrogens is 288 g/mol. The minimum atomic E-state index is -0.931. The van der Waals surface area contributed by atoms with Gasteiger partial charge in [0.2, 0.25) is 6.79 Å². The molecule has 0 saturated carbocycles. The Labute approximate surface area is 130 Å². The third kappa shape index (κ3) is 8.73. The number of ether oxygens (including phenoxy) is 2. The fourth-order valence-electron chi connectivity index (χ4n) is 1.30. The molecule has 0 bridgehead atoms. The highest BCUT2D eigenvalue weighted by atomic mass is 16.7. The molecule has 0 unspecified atom stereocenters. The molecular formula is C16H22O6. The van der Waals surface area contributed by atoms with Crippen molar-refractivity contribution < 1.29 is 29.0 Å². The number of esters is 2. The van der Waals surface area contributed by atoms with Crippen molar-refractivity contribution in [3.63, 3.8) is 0 Å². The first kappa shape index (κ1) is 19.6. The van der Waals surface area contributed by atoms with Gasteiger partial charge in [0, 0.05) is 16.7 Å². The third-order valence-corrected chi connectivity index (χ3v) is 2.70. The highest BCUT2D eigenvalue weighted by Crippen LogP contribution is 2.06.